The third-order valence-corrected chi connectivity index (χ3v) is 5.42. The minimum absolute atomic E-state index is 0.0568. The van der Waals surface area contributed by atoms with Crippen LogP contribution in [-0.2, 0) is 4.79 Å². The molecule has 0 bridgehead atoms. The fourth-order valence-electron chi connectivity index (χ4n) is 3.76. The van der Waals surface area contributed by atoms with Gasteiger partial charge in [0, 0.05) is 43.0 Å². The molecule has 0 saturated carbocycles. The monoisotopic (exact) mass is 461 g/mol. The Bertz CT molecular complexity index is 1220. The Morgan fingerprint density at radius 1 is 1.29 bits per heavy atom. The number of anilines is 2. The van der Waals surface area contributed by atoms with E-state index in [9.17, 15) is 9.18 Å². The summed E-state index contributed by atoms with van der Waals surface area (Å²) < 4.78 is 18.9. The molecule has 1 aliphatic rings. The second-order valence-corrected chi connectivity index (χ2v) is 7.77. The zero-order valence-electron chi connectivity index (χ0n) is 18.4. The number of likely N-dealkylation sites (tertiary alicyclic amines) is 1. The Labute approximate surface area is 196 Å². The highest BCUT2D eigenvalue weighted by Gasteiger charge is 2.25. The molecule has 0 radical (unpaired) electrons. The van der Waals surface area contributed by atoms with Gasteiger partial charge < -0.3 is 20.7 Å². The maximum Gasteiger partial charge on any atom is 0.246 e. The summed E-state index contributed by atoms with van der Waals surface area (Å²) in [7, 11) is 0. The highest BCUT2D eigenvalue weighted by molar-refractivity contribution is 6.16. The Morgan fingerprint density at radius 2 is 2.15 bits per heavy atom. The Hall–Kier alpha value is -4.34. The van der Waals surface area contributed by atoms with Crippen LogP contribution in [0, 0.1) is 11.2 Å². The van der Waals surface area contributed by atoms with Crippen LogP contribution in [0.2, 0.25) is 0 Å². The molecule has 2 aromatic heterocycles. The first-order valence-electron chi connectivity index (χ1n) is 10.7. The number of pyridine rings is 1. The van der Waals surface area contributed by atoms with Gasteiger partial charge in [-0.25, -0.2) is 19.3 Å². The highest BCUT2D eigenvalue weighted by atomic mass is 19.1. The molecular formula is C24H24FN7O2. The van der Waals surface area contributed by atoms with Crippen molar-refractivity contribution in [3.63, 3.8) is 0 Å². The molecule has 3 heterocycles. The minimum Gasteiger partial charge on any atom is -0.439 e. The third kappa shape index (κ3) is 5.17. The van der Waals surface area contributed by atoms with Crippen molar-refractivity contribution >= 4 is 23.3 Å². The number of piperidine rings is 1. The largest absolute Gasteiger partial charge is 0.439 e. The summed E-state index contributed by atoms with van der Waals surface area (Å²) in [5.74, 6) is 0.609. The van der Waals surface area contributed by atoms with Crippen molar-refractivity contribution in [3.05, 3.63) is 78.5 Å². The number of nitrogens with two attached hydrogens (primary N) is 1. The molecule has 1 unspecified atom stereocenters. The first-order valence-corrected chi connectivity index (χ1v) is 10.7. The van der Waals surface area contributed by atoms with E-state index in [1.165, 1.54) is 30.7 Å². The highest BCUT2D eigenvalue weighted by Crippen LogP contribution is 2.25. The van der Waals surface area contributed by atoms with Gasteiger partial charge in [0.15, 0.2) is 0 Å². The van der Waals surface area contributed by atoms with Gasteiger partial charge in [-0.1, -0.05) is 12.6 Å². The average molecular weight is 462 g/mol. The first kappa shape index (κ1) is 22.8. The van der Waals surface area contributed by atoms with Gasteiger partial charge >= 0.3 is 0 Å². The second kappa shape index (κ2) is 10.1. The number of carbonyl (C=O) groups is 1. The van der Waals surface area contributed by atoms with Gasteiger partial charge in [-0.05, 0) is 37.1 Å². The molecule has 1 aromatic carbocycles. The number of nitrogens with one attached hydrogen (secondary N) is 2. The van der Waals surface area contributed by atoms with Crippen molar-refractivity contribution in [1.29, 1.82) is 5.41 Å². The van der Waals surface area contributed by atoms with Gasteiger partial charge in [0.1, 0.15) is 29.5 Å². The summed E-state index contributed by atoms with van der Waals surface area (Å²) >= 11 is 0. The van der Waals surface area contributed by atoms with Crippen LogP contribution in [0.5, 0.6) is 11.6 Å². The second-order valence-electron chi connectivity index (χ2n) is 7.77. The van der Waals surface area contributed by atoms with Crippen molar-refractivity contribution < 1.29 is 13.9 Å². The van der Waals surface area contributed by atoms with Crippen molar-refractivity contribution in [1.82, 2.24) is 19.9 Å². The molecule has 9 nitrogen and oxygen atoms in total. The van der Waals surface area contributed by atoms with Gasteiger partial charge in [0.25, 0.3) is 0 Å². The van der Waals surface area contributed by atoms with Crippen LogP contribution < -0.4 is 15.8 Å². The van der Waals surface area contributed by atoms with E-state index in [1.54, 1.807) is 29.2 Å². The molecule has 4 rings (SSSR count). The summed E-state index contributed by atoms with van der Waals surface area (Å²) in [6.07, 6.45) is 5.78. The van der Waals surface area contributed by atoms with Crippen LogP contribution in [0.4, 0.5) is 16.0 Å². The van der Waals surface area contributed by atoms with Gasteiger partial charge in [0.2, 0.25) is 11.8 Å². The number of nitrogens with zero attached hydrogens (tertiary/aromatic N) is 4. The first-order chi connectivity index (χ1) is 16.4. The zero-order chi connectivity index (χ0) is 24.1. The quantitative estimate of drug-likeness (QED) is 0.363. The van der Waals surface area contributed by atoms with E-state index in [4.69, 9.17) is 15.9 Å². The number of aromatic nitrogens is 3. The van der Waals surface area contributed by atoms with Crippen LogP contribution >= 0.6 is 0 Å². The number of ether oxygens (including phenoxy) is 1. The third-order valence-electron chi connectivity index (χ3n) is 5.42. The van der Waals surface area contributed by atoms with E-state index in [1.807, 2.05) is 0 Å². The van der Waals surface area contributed by atoms with Crippen LogP contribution in [0.15, 0.2) is 61.6 Å². The molecule has 1 atom stereocenters. The zero-order valence-corrected chi connectivity index (χ0v) is 18.4. The van der Waals surface area contributed by atoms with E-state index < -0.39 is 5.82 Å². The van der Waals surface area contributed by atoms with E-state index in [2.05, 4.69) is 26.8 Å². The van der Waals surface area contributed by atoms with Gasteiger partial charge in [-0.3, -0.25) is 10.2 Å². The fraction of sp³-hybridized carbons (Fsp3) is 0.208. The van der Waals surface area contributed by atoms with Gasteiger partial charge in [-0.15, -0.1) is 0 Å². The Morgan fingerprint density at radius 3 is 2.88 bits per heavy atom. The molecule has 4 N–H and O–H groups in total. The molecule has 1 aliphatic heterocycles. The summed E-state index contributed by atoms with van der Waals surface area (Å²) in [5, 5.41) is 12.0. The van der Waals surface area contributed by atoms with Gasteiger partial charge in [-0.2, -0.15) is 0 Å². The lowest BCUT2D eigenvalue weighted by molar-refractivity contribution is -0.127. The number of hydrogen-bond acceptors (Lipinski definition) is 8. The summed E-state index contributed by atoms with van der Waals surface area (Å²) in [5.41, 5.74) is 7.02. The number of benzene rings is 1. The van der Waals surface area contributed by atoms with E-state index in [0.717, 1.165) is 12.8 Å². The molecule has 1 saturated heterocycles. The molecule has 1 amide bonds. The maximum absolute atomic E-state index is 13.4. The number of carbonyl (C=O) groups excluding carboxylic acids is 1. The van der Waals surface area contributed by atoms with Crippen LogP contribution in [0.3, 0.4) is 0 Å². The lowest BCUT2D eigenvalue weighted by Gasteiger charge is -2.33. The van der Waals surface area contributed by atoms with Crippen LogP contribution in [-0.4, -0.2) is 50.6 Å². The van der Waals surface area contributed by atoms with E-state index in [-0.39, 0.29) is 29.4 Å². The predicted octanol–water partition coefficient (Wildman–Crippen LogP) is 3.39. The average Bonchev–Trinajstić information content (AvgIpc) is 2.84. The number of rotatable bonds is 7. The maximum atomic E-state index is 13.4. The predicted molar refractivity (Wildman–Crippen MR) is 127 cm³/mol. The van der Waals surface area contributed by atoms with Crippen molar-refractivity contribution in [2.75, 3.05) is 24.1 Å². The SMILES string of the molecule is C=CC(=O)N1CCCC(Nc2ncnc(N)c2C(=N)c2ccc(Oc3cccc(F)c3)nc2)C1. The van der Waals surface area contributed by atoms with Crippen molar-refractivity contribution in [3.8, 4) is 11.6 Å². The van der Waals surface area contributed by atoms with Gasteiger partial charge in [0.05, 0.1) is 11.3 Å². The van der Waals surface area contributed by atoms with E-state index in [0.29, 0.717) is 35.8 Å². The molecule has 174 valence electrons. The fourth-order valence-corrected chi connectivity index (χ4v) is 3.76. The molecule has 0 spiro atoms. The topological polar surface area (TPSA) is 130 Å². The molecule has 34 heavy (non-hydrogen) atoms. The lowest BCUT2D eigenvalue weighted by atomic mass is 10.0. The van der Waals surface area contributed by atoms with Crippen LogP contribution in [0.25, 0.3) is 0 Å². The lowest BCUT2D eigenvalue weighted by Crippen LogP contribution is -2.44. The molecule has 1 fully saturated rings. The molecule has 10 heteroatoms. The standard InChI is InChI=1S/C24H24FN7O2/c1-2-20(33)32-10-4-6-17(13-32)31-24-21(23(27)29-14-30-24)22(26)15-8-9-19(28-12-15)34-18-7-3-5-16(25)11-18/h2-3,5,7-9,11-12,14,17,26H,1,4,6,10,13H2,(H3,27,29,30,31). The number of nitrogen functional groups attached to an aromatic ring is 1. The Balaban J connectivity index is 1.52. The molecule has 3 aromatic rings. The van der Waals surface area contributed by atoms with Crippen molar-refractivity contribution in [2.45, 2.75) is 18.9 Å². The summed E-state index contributed by atoms with van der Waals surface area (Å²) in [6, 6.07) is 8.93. The Kier molecular flexibility index (Phi) is 6.77. The molecule has 0 aliphatic carbocycles. The summed E-state index contributed by atoms with van der Waals surface area (Å²) in [6.45, 7) is 4.72. The van der Waals surface area contributed by atoms with E-state index >= 15 is 0 Å². The van der Waals surface area contributed by atoms with Crippen LogP contribution in [0.1, 0.15) is 24.0 Å². The number of amides is 1. The normalized spacial score (nSPS) is 15.4. The summed E-state index contributed by atoms with van der Waals surface area (Å²) in [4.78, 5) is 26.3. The smallest absolute Gasteiger partial charge is 0.246 e. The number of halogens is 1. The number of hydrogen-bond donors (Lipinski definition) is 3. The van der Waals surface area contributed by atoms with Crippen molar-refractivity contribution in [2.24, 2.45) is 0 Å². The molecular weight excluding hydrogens is 437 g/mol. The minimum atomic E-state index is -0.412.